The molecular formula is C11H15N3S2. The van der Waals surface area contributed by atoms with Crippen LogP contribution in [0, 0.1) is 0 Å². The SMILES string of the molecule is CN(c1ccnc(C(N)=S)c1)C1CCSC1. The summed E-state index contributed by atoms with van der Waals surface area (Å²) in [7, 11) is 2.12. The summed E-state index contributed by atoms with van der Waals surface area (Å²) in [6, 6.07) is 4.59. The van der Waals surface area contributed by atoms with E-state index in [-0.39, 0.29) is 0 Å². The Hall–Kier alpha value is -0.810. The van der Waals surface area contributed by atoms with Gasteiger partial charge in [0.2, 0.25) is 0 Å². The molecule has 2 heterocycles. The molecule has 0 saturated carbocycles. The maximum absolute atomic E-state index is 5.58. The van der Waals surface area contributed by atoms with Crippen LogP contribution < -0.4 is 10.6 Å². The van der Waals surface area contributed by atoms with Crippen LogP contribution in [0.3, 0.4) is 0 Å². The molecule has 1 saturated heterocycles. The molecule has 1 aliphatic heterocycles. The second kappa shape index (κ2) is 5.01. The first-order chi connectivity index (χ1) is 7.68. The van der Waals surface area contributed by atoms with Crippen molar-refractivity contribution in [3.63, 3.8) is 0 Å². The molecule has 5 heteroatoms. The van der Waals surface area contributed by atoms with E-state index >= 15 is 0 Å². The molecule has 16 heavy (non-hydrogen) atoms. The second-order valence-corrected chi connectivity index (χ2v) is 5.48. The van der Waals surface area contributed by atoms with Gasteiger partial charge in [0.15, 0.2) is 0 Å². The van der Waals surface area contributed by atoms with Crippen LogP contribution in [-0.4, -0.2) is 34.6 Å². The molecule has 2 N–H and O–H groups in total. The van der Waals surface area contributed by atoms with Crippen LogP contribution in [0.4, 0.5) is 5.69 Å². The van der Waals surface area contributed by atoms with Crippen LogP contribution in [0.2, 0.25) is 0 Å². The van der Waals surface area contributed by atoms with Crippen LogP contribution >= 0.6 is 24.0 Å². The number of thiocarbonyl (C=S) groups is 1. The molecule has 0 bridgehead atoms. The summed E-state index contributed by atoms with van der Waals surface area (Å²) in [5.74, 6) is 2.45. The minimum absolute atomic E-state index is 0.357. The predicted molar refractivity (Wildman–Crippen MR) is 74.3 cm³/mol. The molecular weight excluding hydrogens is 238 g/mol. The fourth-order valence-electron chi connectivity index (χ4n) is 1.81. The number of nitrogens with zero attached hydrogens (tertiary/aromatic N) is 2. The highest BCUT2D eigenvalue weighted by Crippen LogP contribution is 2.25. The quantitative estimate of drug-likeness (QED) is 0.830. The summed E-state index contributed by atoms with van der Waals surface area (Å²) in [5.41, 5.74) is 7.43. The van der Waals surface area contributed by atoms with E-state index < -0.39 is 0 Å². The number of nitrogens with two attached hydrogens (primary N) is 1. The van der Waals surface area contributed by atoms with Gasteiger partial charge in [0.05, 0.1) is 5.69 Å². The first-order valence-electron chi connectivity index (χ1n) is 5.25. The molecule has 86 valence electrons. The number of anilines is 1. The van der Waals surface area contributed by atoms with Crippen molar-refractivity contribution in [1.29, 1.82) is 0 Å². The van der Waals surface area contributed by atoms with Gasteiger partial charge in [-0.2, -0.15) is 11.8 Å². The standard InChI is InChI=1S/C11H15N3S2/c1-14(9-3-5-16-7-9)8-2-4-13-10(6-8)11(12)15/h2,4,6,9H,3,5,7H2,1H3,(H2,12,15). The van der Waals surface area contributed by atoms with Gasteiger partial charge in [-0.3, -0.25) is 4.98 Å². The van der Waals surface area contributed by atoms with E-state index in [1.165, 1.54) is 17.9 Å². The van der Waals surface area contributed by atoms with Crippen molar-refractivity contribution < 1.29 is 0 Å². The summed E-state index contributed by atoms with van der Waals surface area (Å²) in [6.07, 6.45) is 3.01. The smallest absolute Gasteiger partial charge is 0.122 e. The van der Waals surface area contributed by atoms with Crippen molar-refractivity contribution in [1.82, 2.24) is 4.98 Å². The Bertz CT molecular complexity index is 389. The highest BCUT2D eigenvalue weighted by Gasteiger charge is 2.20. The molecule has 0 aromatic carbocycles. The Morgan fingerprint density at radius 1 is 1.69 bits per heavy atom. The van der Waals surface area contributed by atoms with Crippen LogP contribution in [0.15, 0.2) is 18.3 Å². The maximum Gasteiger partial charge on any atom is 0.122 e. The van der Waals surface area contributed by atoms with E-state index in [9.17, 15) is 0 Å². The molecule has 1 aromatic rings. The Morgan fingerprint density at radius 3 is 3.12 bits per heavy atom. The monoisotopic (exact) mass is 253 g/mol. The van der Waals surface area contributed by atoms with E-state index in [4.69, 9.17) is 18.0 Å². The van der Waals surface area contributed by atoms with Gasteiger partial charge in [0.25, 0.3) is 0 Å². The number of hydrogen-bond acceptors (Lipinski definition) is 4. The largest absolute Gasteiger partial charge is 0.388 e. The van der Waals surface area contributed by atoms with E-state index in [0.29, 0.717) is 16.7 Å². The molecule has 1 atom stereocenters. The highest BCUT2D eigenvalue weighted by atomic mass is 32.2. The minimum atomic E-state index is 0.357. The van der Waals surface area contributed by atoms with E-state index in [1.807, 2.05) is 23.9 Å². The van der Waals surface area contributed by atoms with Crippen molar-refractivity contribution in [3.8, 4) is 0 Å². The maximum atomic E-state index is 5.58. The Kier molecular flexibility index (Phi) is 3.66. The summed E-state index contributed by atoms with van der Waals surface area (Å²) < 4.78 is 0. The van der Waals surface area contributed by atoms with Crippen molar-refractivity contribution >= 4 is 34.7 Å². The molecule has 0 amide bonds. The van der Waals surface area contributed by atoms with Gasteiger partial charge in [-0.15, -0.1) is 0 Å². The Labute approximate surface area is 105 Å². The van der Waals surface area contributed by atoms with Crippen molar-refractivity contribution in [3.05, 3.63) is 24.0 Å². The topological polar surface area (TPSA) is 42.2 Å². The number of rotatable bonds is 3. The van der Waals surface area contributed by atoms with Crippen LogP contribution in [0.5, 0.6) is 0 Å². The molecule has 0 radical (unpaired) electrons. The minimum Gasteiger partial charge on any atom is -0.388 e. The van der Waals surface area contributed by atoms with Gasteiger partial charge in [-0.05, 0) is 24.3 Å². The number of hydrogen-bond donors (Lipinski definition) is 1. The Morgan fingerprint density at radius 2 is 2.50 bits per heavy atom. The number of pyridine rings is 1. The van der Waals surface area contributed by atoms with Crippen molar-refractivity contribution in [2.75, 3.05) is 23.5 Å². The molecule has 1 fully saturated rings. The fraction of sp³-hybridized carbons (Fsp3) is 0.455. The molecule has 1 unspecified atom stereocenters. The van der Waals surface area contributed by atoms with E-state index in [2.05, 4.69) is 16.9 Å². The van der Waals surface area contributed by atoms with Crippen LogP contribution in [0.1, 0.15) is 12.1 Å². The molecule has 0 aliphatic carbocycles. The van der Waals surface area contributed by atoms with Gasteiger partial charge in [0, 0.05) is 30.7 Å². The third kappa shape index (κ3) is 2.47. The Balaban J connectivity index is 2.18. The molecule has 2 rings (SSSR count). The van der Waals surface area contributed by atoms with E-state index in [0.717, 1.165) is 5.69 Å². The third-order valence-corrected chi connectivity index (χ3v) is 4.21. The summed E-state index contributed by atoms with van der Waals surface area (Å²) in [6.45, 7) is 0. The molecule has 1 aromatic heterocycles. The van der Waals surface area contributed by atoms with Gasteiger partial charge >= 0.3 is 0 Å². The lowest BCUT2D eigenvalue weighted by Gasteiger charge is -2.26. The average Bonchev–Trinajstić information content (AvgIpc) is 2.81. The first-order valence-corrected chi connectivity index (χ1v) is 6.81. The van der Waals surface area contributed by atoms with Gasteiger partial charge < -0.3 is 10.6 Å². The zero-order chi connectivity index (χ0) is 11.5. The lowest BCUT2D eigenvalue weighted by molar-refractivity contribution is 0.699. The van der Waals surface area contributed by atoms with Gasteiger partial charge in [0.1, 0.15) is 4.99 Å². The van der Waals surface area contributed by atoms with Crippen molar-refractivity contribution in [2.24, 2.45) is 5.73 Å². The van der Waals surface area contributed by atoms with E-state index in [1.54, 1.807) is 6.20 Å². The number of thioether (sulfide) groups is 1. The lowest BCUT2D eigenvalue weighted by Crippen LogP contribution is -2.31. The van der Waals surface area contributed by atoms with Crippen LogP contribution in [-0.2, 0) is 0 Å². The second-order valence-electron chi connectivity index (χ2n) is 3.89. The zero-order valence-electron chi connectivity index (χ0n) is 9.22. The number of aromatic nitrogens is 1. The normalized spacial score (nSPS) is 19.7. The average molecular weight is 253 g/mol. The fourth-order valence-corrected chi connectivity index (χ4v) is 3.19. The summed E-state index contributed by atoms with van der Waals surface area (Å²) in [5, 5.41) is 0. The molecule has 0 spiro atoms. The predicted octanol–water partition coefficient (Wildman–Crippen LogP) is 1.66. The van der Waals surface area contributed by atoms with Gasteiger partial charge in [-0.25, -0.2) is 0 Å². The van der Waals surface area contributed by atoms with Gasteiger partial charge in [-0.1, -0.05) is 12.2 Å². The summed E-state index contributed by atoms with van der Waals surface area (Å²) >= 11 is 6.94. The third-order valence-electron chi connectivity index (χ3n) is 2.86. The molecule has 1 aliphatic rings. The summed E-state index contributed by atoms with van der Waals surface area (Å²) in [4.78, 5) is 6.80. The zero-order valence-corrected chi connectivity index (χ0v) is 10.9. The first kappa shape index (κ1) is 11.7. The highest BCUT2D eigenvalue weighted by molar-refractivity contribution is 7.99. The van der Waals surface area contributed by atoms with Crippen LogP contribution in [0.25, 0.3) is 0 Å². The van der Waals surface area contributed by atoms with Crippen molar-refractivity contribution in [2.45, 2.75) is 12.5 Å². The lowest BCUT2D eigenvalue weighted by atomic mass is 10.2. The molecule has 3 nitrogen and oxygen atoms in total.